The first-order valence-corrected chi connectivity index (χ1v) is 12.9. The molecule has 0 aliphatic carbocycles. The van der Waals surface area contributed by atoms with Crippen LogP contribution in [0, 0.1) is 0 Å². The Labute approximate surface area is 215 Å². The Balaban J connectivity index is 1.30. The van der Waals surface area contributed by atoms with Gasteiger partial charge in [-0.2, -0.15) is 0 Å². The Morgan fingerprint density at radius 1 is 0.861 bits per heavy atom. The number of aromatic amines is 1. The minimum atomic E-state index is -0.469. The molecule has 1 saturated heterocycles. The van der Waals surface area contributed by atoms with Crippen LogP contribution in [0.3, 0.4) is 0 Å². The standard InChI is InChI=1S/C30H28ClN3O2/c31-22-13-10-21(11-14-22)16-17-33-19-28(35)34-26(15-12-20-6-2-1-3-7-20)29-24(18-27(34)30(33)36)23-8-4-5-9-25(23)32-29/h1-11,13-14,26-27,32H,12,15-19H2/t26-,27+/m1/s1. The van der Waals surface area contributed by atoms with Gasteiger partial charge < -0.3 is 14.8 Å². The number of para-hydroxylation sites is 1. The van der Waals surface area contributed by atoms with E-state index >= 15 is 0 Å². The molecule has 182 valence electrons. The second-order valence-electron chi connectivity index (χ2n) is 9.76. The Bertz CT molecular complexity index is 1410. The minimum absolute atomic E-state index is 0.0260. The normalized spacial score (nSPS) is 19.5. The number of aromatic nitrogens is 1. The van der Waals surface area contributed by atoms with E-state index in [-0.39, 0.29) is 24.4 Å². The first kappa shape index (κ1) is 22.9. The van der Waals surface area contributed by atoms with E-state index in [1.807, 2.05) is 59.5 Å². The van der Waals surface area contributed by atoms with Crippen LogP contribution < -0.4 is 0 Å². The van der Waals surface area contributed by atoms with Crippen molar-refractivity contribution in [1.29, 1.82) is 0 Å². The van der Waals surface area contributed by atoms with Crippen LogP contribution in [0.4, 0.5) is 0 Å². The maximum Gasteiger partial charge on any atom is 0.246 e. The van der Waals surface area contributed by atoms with Crippen molar-refractivity contribution in [3.05, 3.63) is 106 Å². The van der Waals surface area contributed by atoms with Crippen molar-refractivity contribution < 1.29 is 9.59 Å². The van der Waals surface area contributed by atoms with Crippen molar-refractivity contribution >= 4 is 34.3 Å². The number of benzene rings is 3. The summed E-state index contributed by atoms with van der Waals surface area (Å²) in [5.74, 6) is 0.0716. The third-order valence-corrected chi connectivity index (χ3v) is 7.84. The van der Waals surface area contributed by atoms with Crippen molar-refractivity contribution in [3.8, 4) is 0 Å². The van der Waals surface area contributed by atoms with E-state index in [2.05, 4.69) is 29.2 Å². The summed E-state index contributed by atoms with van der Waals surface area (Å²) in [5, 5.41) is 1.84. The molecule has 2 aliphatic rings. The molecule has 1 aromatic heterocycles. The zero-order chi connectivity index (χ0) is 24.6. The largest absolute Gasteiger partial charge is 0.356 e. The molecule has 0 bridgehead atoms. The fraction of sp³-hybridized carbons (Fsp3) is 0.267. The minimum Gasteiger partial charge on any atom is -0.356 e. The highest BCUT2D eigenvalue weighted by molar-refractivity contribution is 6.30. The highest BCUT2D eigenvalue weighted by Gasteiger charge is 2.47. The number of carbonyl (C=O) groups is 2. The van der Waals surface area contributed by atoms with E-state index in [1.165, 1.54) is 11.1 Å². The van der Waals surface area contributed by atoms with Crippen LogP contribution in [0.5, 0.6) is 0 Å². The highest BCUT2D eigenvalue weighted by Crippen LogP contribution is 2.41. The summed E-state index contributed by atoms with van der Waals surface area (Å²) in [5.41, 5.74) is 5.65. The maximum atomic E-state index is 13.8. The lowest BCUT2D eigenvalue weighted by atomic mass is 9.86. The summed E-state index contributed by atoms with van der Waals surface area (Å²) in [6.07, 6.45) is 2.84. The number of hydrogen-bond acceptors (Lipinski definition) is 2. The number of carbonyl (C=O) groups excluding carboxylic acids is 2. The van der Waals surface area contributed by atoms with Gasteiger partial charge in [-0.25, -0.2) is 0 Å². The average Bonchev–Trinajstić information content (AvgIpc) is 3.28. The predicted octanol–water partition coefficient (Wildman–Crippen LogP) is 5.33. The first-order chi connectivity index (χ1) is 17.6. The number of nitrogens with one attached hydrogen (secondary N) is 1. The molecule has 1 fully saturated rings. The number of rotatable bonds is 6. The second-order valence-corrected chi connectivity index (χ2v) is 10.2. The molecule has 36 heavy (non-hydrogen) atoms. The average molecular weight is 498 g/mol. The van der Waals surface area contributed by atoms with Gasteiger partial charge in [-0.1, -0.05) is 72.3 Å². The van der Waals surface area contributed by atoms with E-state index in [4.69, 9.17) is 11.6 Å². The number of halogens is 1. The van der Waals surface area contributed by atoms with Gasteiger partial charge in [-0.15, -0.1) is 0 Å². The molecule has 6 heteroatoms. The molecule has 0 unspecified atom stereocenters. The van der Waals surface area contributed by atoms with E-state index in [0.717, 1.165) is 35.0 Å². The number of hydrogen-bond donors (Lipinski definition) is 1. The molecule has 3 heterocycles. The third kappa shape index (κ3) is 4.18. The summed E-state index contributed by atoms with van der Waals surface area (Å²) in [4.78, 5) is 34.6. The van der Waals surface area contributed by atoms with Crippen LogP contribution in [-0.4, -0.2) is 45.7 Å². The van der Waals surface area contributed by atoms with Gasteiger partial charge >= 0.3 is 0 Å². The molecule has 0 radical (unpaired) electrons. The second kappa shape index (κ2) is 9.47. The van der Waals surface area contributed by atoms with Gasteiger partial charge in [0.25, 0.3) is 0 Å². The summed E-state index contributed by atoms with van der Waals surface area (Å²) in [6.45, 7) is 0.645. The molecule has 2 aliphatic heterocycles. The molecule has 0 spiro atoms. The van der Waals surface area contributed by atoms with Gasteiger partial charge in [0.05, 0.1) is 12.6 Å². The molecule has 4 aromatic rings. The number of fused-ring (bicyclic) bond motifs is 4. The number of piperazine rings is 1. The van der Waals surface area contributed by atoms with Gasteiger partial charge in [0, 0.05) is 34.6 Å². The van der Waals surface area contributed by atoms with Gasteiger partial charge in [0.2, 0.25) is 11.8 Å². The number of nitrogens with zero attached hydrogens (tertiary/aromatic N) is 2. The molecule has 5 nitrogen and oxygen atoms in total. The van der Waals surface area contributed by atoms with E-state index < -0.39 is 6.04 Å². The lowest BCUT2D eigenvalue weighted by Crippen LogP contribution is -2.63. The van der Waals surface area contributed by atoms with Crippen molar-refractivity contribution in [2.75, 3.05) is 13.1 Å². The van der Waals surface area contributed by atoms with Crippen molar-refractivity contribution in [1.82, 2.24) is 14.8 Å². The fourth-order valence-corrected chi connectivity index (χ4v) is 5.92. The summed E-state index contributed by atoms with van der Waals surface area (Å²) in [6, 6.07) is 25.6. The highest BCUT2D eigenvalue weighted by atomic mass is 35.5. The molecule has 0 saturated carbocycles. The van der Waals surface area contributed by atoms with Crippen LogP contribution >= 0.6 is 11.6 Å². The molecule has 3 aromatic carbocycles. The quantitative estimate of drug-likeness (QED) is 0.391. The van der Waals surface area contributed by atoms with Crippen molar-refractivity contribution in [3.63, 3.8) is 0 Å². The zero-order valence-corrected chi connectivity index (χ0v) is 20.7. The molecular weight excluding hydrogens is 470 g/mol. The van der Waals surface area contributed by atoms with E-state index in [1.54, 1.807) is 4.90 Å². The van der Waals surface area contributed by atoms with Crippen LogP contribution in [0.2, 0.25) is 5.02 Å². The van der Waals surface area contributed by atoms with Gasteiger partial charge in [0.1, 0.15) is 6.04 Å². The Morgan fingerprint density at radius 2 is 1.58 bits per heavy atom. The van der Waals surface area contributed by atoms with Crippen LogP contribution in [0.25, 0.3) is 10.9 Å². The lowest BCUT2D eigenvalue weighted by molar-refractivity contribution is -0.159. The van der Waals surface area contributed by atoms with Crippen LogP contribution in [-0.2, 0) is 28.9 Å². The maximum absolute atomic E-state index is 13.8. The first-order valence-electron chi connectivity index (χ1n) is 12.6. The Hall–Kier alpha value is -3.57. The number of H-pyrrole nitrogens is 1. The number of aryl methyl sites for hydroxylation is 1. The van der Waals surface area contributed by atoms with Crippen molar-refractivity contribution in [2.45, 2.75) is 37.8 Å². The Kier molecular flexibility index (Phi) is 6.02. The predicted molar refractivity (Wildman–Crippen MR) is 142 cm³/mol. The van der Waals surface area contributed by atoms with Gasteiger partial charge in [-0.05, 0) is 54.2 Å². The fourth-order valence-electron chi connectivity index (χ4n) is 5.80. The topological polar surface area (TPSA) is 56.4 Å². The molecule has 1 N–H and O–H groups in total. The molecule has 2 amide bonds. The molecule has 2 atom stereocenters. The van der Waals surface area contributed by atoms with Crippen molar-refractivity contribution in [2.24, 2.45) is 0 Å². The van der Waals surface area contributed by atoms with E-state index in [9.17, 15) is 9.59 Å². The Morgan fingerprint density at radius 3 is 2.39 bits per heavy atom. The SMILES string of the molecule is O=C1[C@@H]2Cc3c([nH]c4ccccc34)[C@@H](CCc3ccccc3)N2C(=O)CN1CCc1ccc(Cl)cc1. The molecule has 6 rings (SSSR count). The summed E-state index contributed by atoms with van der Waals surface area (Å²) < 4.78 is 0. The molecular formula is C30H28ClN3O2. The van der Waals surface area contributed by atoms with Crippen LogP contribution in [0.15, 0.2) is 78.9 Å². The third-order valence-electron chi connectivity index (χ3n) is 7.59. The number of amides is 2. The van der Waals surface area contributed by atoms with Gasteiger partial charge in [-0.3, -0.25) is 9.59 Å². The zero-order valence-electron chi connectivity index (χ0n) is 20.0. The van der Waals surface area contributed by atoms with E-state index in [0.29, 0.717) is 24.4 Å². The summed E-state index contributed by atoms with van der Waals surface area (Å²) in [7, 11) is 0. The monoisotopic (exact) mass is 497 g/mol. The lowest BCUT2D eigenvalue weighted by Gasteiger charge is -2.47. The summed E-state index contributed by atoms with van der Waals surface area (Å²) >= 11 is 6.01. The van der Waals surface area contributed by atoms with Crippen LogP contribution in [0.1, 0.15) is 34.8 Å². The smallest absolute Gasteiger partial charge is 0.246 e. The van der Waals surface area contributed by atoms with Gasteiger partial charge in [0.15, 0.2) is 0 Å².